The van der Waals surface area contributed by atoms with Gasteiger partial charge in [0.2, 0.25) is 5.91 Å². The maximum absolute atomic E-state index is 13.2. The Hall–Kier alpha value is -2.55. The maximum atomic E-state index is 13.2. The van der Waals surface area contributed by atoms with Crippen molar-refractivity contribution in [2.24, 2.45) is 0 Å². The highest BCUT2D eigenvalue weighted by Crippen LogP contribution is 2.27. The van der Waals surface area contributed by atoms with Crippen LogP contribution in [0.3, 0.4) is 0 Å². The topological polar surface area (TPSA) is 106 Å². The molecular formula is C22H26Cl2N6O2. The quantitative estimate of drug-likeness (QED) is 0.433. The van der Waals surface area contributed by atoms with Gasteiger partial charge in [-0.1, -0.05) is 23.2 Å². The average Bonchev–Trinajstić information content (AvgIpc) is 3.19. The molecule has 2 atom stereocenters. The second kappa shape index (κ2) is 9.13. The van der Waals surface area contributed by atoms with Gasteiger partial charge in [0.1, 0.15) is 23.8 Å². The molecule has 3 heterocycles. The number of nitrogens with one attached hydrogen (secondary N) is 3. The Kier molecular flexibility index (Phi) is 6.46. The molecular weight excluding hydrogens is 451 g/mol. The molecule has 1 fully saturated rings. The summed E-state index contributed by atoms with van der Waals surface area (Å²) >= 11 is 12.2. The van der Waals surface area contributed by atoms with E-state index in [4.69, 9.17) is 23.2 Å². The molecule has 1 aliphatic heterocycles. The summed E-state index contributed by atoms with van der Waals surface area (Å²) in [6.45, 7) is 4.64. The number of piperidine rings is 1. The van der Waals surface area contributed by atoms with E-state index in [9.17, 15) is 9.90 Å². The van der Waals surface area contributed by atoms with E-state index < -0.39 is 11.6 Å². The Morgan fingerprint density at radius 2 is 2.03 bits per heavy atom. The summed E-state index contributed by atoms with van der Waals surface area (Å²) in [4.78, 5) is 27.2. The Morgan fingerprint density at radius 3 is 2.75 bits per heavy atom. The van der Waals surface area contributed by atoms with Crippen LogP contribution in [-0.2, 0) is 4.79 Å². The van der Waals surface area contributed by atoms with E-state index >= 15 is 0 Å². The summed E-state index contributed by atoms with van der Waals surface area (Å²) < 4.78 is 0. The molecule has 8 nitrogen and oxygen atoms in total. The van der Waals surface area contributed by atoms with Crippen LogP contribution in [0.1, 0.15) is 26.7 Å². The van der Waals surface area contributed by atoms with Crippen molar-refractivity contribution in [2.45, 2.75) is 44.4 Å². The van der Waals surface area contributed by atoms with Crippen LogP contribution in [0.4, 0.5) is 11.5 Å². The lowest BCUT2D eigenvalue weighted by atomic mass is 9.96. The number of anilines is 2. The van der Waals surface area contributed by atoms with Crippen LogP contribution in [0.15, 0.2) is 36.8 Å². The predicted octanol–water partition coefficient (Wildman–Crippen LogP) is 3.60. The van der Waals surface area contributed by atoms with Crippen LogP contribution in [0.2, 0.25) is 10.0 Å². The van der Waals surface area contributed by atoms with E-state index in [-0.39, 0.29) is 11.9 Å². The van der Waals surface area contributed by atoms with E-state index in [2.05, 4.69) is 30.5 Å². The Bertz CT molecular complexity index is 1090. The molecule has 32 heavy (non-hydrogen) atoms. The molecule has 0 saturated carbocycles. The lowest BCUT2D eigenvalue weighted by Crippen LogP contribution is -2.57. The van der Waals surface area contributed by atoms with Crippen molar-refractivity contribution in [3.05, 3.63) is 46.8 Å². The van der Waals surface area contributed by atoms with Crippen molar-refractivity contribution in [3.8, 4) is 0 Å². The molecule has 0 aliphatic carbocycles. The van der Waals surface area contributed by atoms with Crippen LogP contribution in [0, 0.1) is 0 Å². The number of amides is 1. The van der Waals surface area contributed by atoms with Crippen molar-refractivity contribution < 1.29 is 9.90 Å². The second-order valence-electron chi connectivity index (χ2n) is 8.62. The number of nitrogens with zero attached hydrogens (tertiary/aromatic N) is 3. The van der Waals surface area contributed by atoms with Crippen molar-refractivity contribution in [1.82, 2.24) is 20.3 Å². The first kappa shape index (κ1) is 22.6. The van der Waals surface area contributed by atoms with Crippen LogP contribution in [-0.4, -0.2) is 56.7 Å². The zero-order chi connectivity index (χ0) is 22.9. The number of aromatic nitrogens is 3. The highest BCUT2D eigenvalue weighted by molar-refractivity contribution is 6.35. The number of benzene rings is 1. The Morgan fingerprint density at radius 1 is 1.28 bits per heavy atom. The number of aliphatic hydroxyl groups is 1. The molecule has 2 unspecified atom stereocenters. The molecule has 0 radical (unpaired) electrons. The third kappa shape index (κ3) is 5.09. The molecule has 2 aromatic heterocycles. The van der Waals surface area contributed by atoms with E-state index in [1.165, 1.54) is 0 Å². The Balaban J connectivity index is 1.48. The minimum Gasteiger partial charge on any atom is -0.388 e. The van der Waals surface area contributed by atoms with E-state index in [0.717, 1.165) is 36.2 Å². The zero-order valence-corrected chi connectivity index (χ0v) is 19.4. The predicted molar refractivity (Wildman–Crippen MR) is 127 cm³/mol. The monoisotopic (exact) mass is 476 g/mol. The zero-order valence-electron chi connectivity index (χ0n) is 17.9. The molecule has 1 aliphatic rings. The van der Waals surface area contributed by atoms with Gasteiger partial charge >= 0.3 is 0 Å². The molecule has 1 amide bonds. The van der Waals surface area contributed by atoms with Gasteiger partial charge in [-0.3, -0.25) is 4.79 Å². The van der Waals surface area contributed by atoms with Crippen LogP contribution < -0.4 is 15.5 Å². The van der Waals surface area contributed by atoms with Crippen LogP contribution in [0.25, 0.3) is 11.0 Å². The van der Waals surface area contributed by atoms with Crippen molar-refractivity contribution in [2.75, 3.05) is 23.3 Å². The highest BCUT2D eigenvalue weighted by Gasteiger charge is 2.35. The summed E-state index contributed by atoms with van der Waals surface area (Å²) in [5, 5.41) is 18.7. The number of H-pyrrole nitrogens is 1. The number of halogens is 2. The molecule has 0 spiro atoms. The average molecular weight is 477 g/mol. The third-order valence-corrected chi connectivity index (χ3v) is 5.98. The molecule has 170 valence electrons. The number of hydrogen-bond donors (Lipinski definition) is 4. The fourth-order valence-corrected chi connectivity index (χ4v) is 4.58. The highest BCUT2D eigenvalue weighted by atomic mass is 35.5. The second-order valence-corrected chi connectivity index (χ2v) is 9.49. The van der Waals surface area contributed by atoms with Crippen LogP contribution >= 0.6 is 23.2 Å². The van der Waals surface area contributed by atoms with Crippen molar-refractivity contribution in [3.63, 3.8) is 0 Å². The molecule has 0 bridgehead atoms. The summed E-state index contributed by atoms with van der Waals surface area (Å²) in [6, 6.07) is 5.91. The largest absolute Gasteiger partial charge is 0.388 e. The van der Waals surface area contributed by atoms with Gasteiger partial charge in [0.15, 0.2) is 0 Å². The van der Waals surface area contributed by atoms with Gasteiger partial charge in [0.25, 0.3) is 0 Å². The van der Waals surface area contributed by atoms with E-state index in [0.29, 0.717) is 22.3 Å². The van der Waals surface area contributed by atoms with Gasteiger partial charge in [0.05, 0.1) is 11.0 Å². The smallest absolute Gasteiger partial charge is 0.245 e. The fraction of sp³-hybridized carbons (Fsp3) is 0.409. The number of hydrogen-bond acceptors (Lipinski definition) is 6. The van der Waals surface area contributed by atoms with Gasteiger partial charge in [-0.05, 0) is 51.0 Å². The van der Waals surface area contributed by atoms with Crippen molar-refractivity contribution >= 4 is 51.6 Å². The molecule has 1 aromatic carbocycles. The van der Waals surface area contributed by atoms with Gasteiger partial charge in [-0.15, -0.1) is 0 Å². The third-order valence-electron chi connectivity index (χ3n) is 5.54. The number of rotatable bonds is 6. The van der Waals surface area contributed by atoms with Crippen molar-refractivity contribution in [1.29, 1.82) is 0 Å². The SMILES string of the molecule is CC(C)(O)C(Nc1cc(Cl)cc(Cl)c1)C(=O)NC1CCCN(c2ncnc3[nH]ccc23)C1. The molecule has 3 aromatic rings. The summed E-state index contributed by atoms with van der Waals surface area (Å²) in [6.07, 6.45) is 5.13. The first-order valence-corrected chi connectivity index (χ1v) is 11.2. The lowest BCUT2D eigenvalue weighted by Gasteiger charge is -2.36. The first-order valence-electron chi connectivity index (χ1n) is 10.5. The fourth-order valence-electron chi connectivity index (χ4n) is 4.05. The number of carbonyl (C=O) groups is 1. The van der Waals surface area contributed by atoms with Gasteiger partial charge < -0.3 is 25.6 Å². The molecule has 10 heteroatoms. The Labute approximate surface area is 196 Å². The molecule has 1 saturated heterocycles. The number of carbonyl (C=O) groups excluding carboxylic acids is 1. The van der Waals surface area contributed by atoms with E-state index in [1.807, 2.05) is 12.3 Å². The minimum absolute atomic E-state index is 0.0881. The summed E-state index contributed by atoms with van der Waals surface area (Å²) in [5.41, 5.74) is 0.0236. The van der Waals surface area contributed by atoms with Gasteiger partial charge in [0, 0.05) is 41.1 Å². The standard InChI is InChI=1S/C22H26Cl2N6O2/c1-22(2,32)18(28-16-9-13(23)8-14(24)10-16)21(31)29-15-4-3-7-30(11-15)20-17-5-6-25-19(17)26-12-27-20/h5-6,8-10,12,15,18,28,32H,3-4,7,11H2,1-2H3,(H,29,31)(H,25,26,27). The molecule has 4 N–H and O–H groups in total. The maximum Gasteiger partial charge on any atom is 0.245 e. The first-order chi connectivity index (χ1) is 15.2. The van der Waals surface area contributed by atoms with Gasteiger partial charge in [-0.2, -0.15) is 0 Å². The number of aromatic amines is 1. The summed E-state index contributed by atoms with van der Waals surface area (Å²) in [5.74, 6) is 0.552. The molecule has 4 rings (SSSR count). The normalized spacial score (nSPS) is 17.9. The van der Waals surface area contributed by atoms with Gasteiger partial charge in [-0.25, -0.2) is 9.97 Å². The summed E-state index contributed by atoms with van der Waals surface area (Å²) in [7, 11) is 0. The lowest BCUT2D eigenvalue weighted by molar-refractivity contribution is -0.127. The van der Waals surface area contributed by atoms with Crippen LogP contribution in [0.5, 0.6) is 0 Å². The minimum atomic E-state index is -1.32. The van der Waals surface area contributed by atoms with E-state index in [1.54, 1.807) is 38.4 Å². The number of fused-ring (bicyclic) bond motifs is 1.